The Balaban J connectivity index is 2.01. The highest BCUT2D eigenvalue weighted by Gasteiger charge is 2.25. The number of alkyl halides is 1. The summed E-state index contributed by atoms with van der Waals surface area (Å²) in [7, 11) is 2.01. The Bertz CT molecular complexity index is 613. The largest absolute Gasteiger partial charge is 0.312 e. The zero-order valence-electron chi connectivity index (χ0n) is 12.6. The molecule has 0 aromatic carbocycles. The third-order valence-electron chi connectivity index (χ3n) is 4.57. The minimum atomic E-state index is 0.472. The number of rotatable bonds is 4. The first-order valence-electron chi connectivity index (χ1n) is 7.61. The highest BCUT2D eigenvalue weighted by atomic mass is 35.5. The highest BCUT2D eigenvalue weighted by molar-refractivity contribution is 6.16. The van der Waals surface area contributed by atoms with E-state index in [2.05, 4.69) is 23.5 Å². The van der Waals surface area contributed by atoms with E-state index in [9.17, 15) is 0 Å². The fraction of sp³-hybridized carbons (Fsp3) is 0.733. The SMILES string of the molecule is CCc1nn(C)c2c1nc(CCl)n2CC1CCC(C)C1. The summed E-state index contributed by atoms with van der Waals surface area (Å²) in [5.74, 6) is 3.07. The zero-order valence-corrected chi connectivity index (χ0v) is 13.3. The summed E-state index contributed by atoms with van der Waals surface area (Å²) in [6, 6.07) is 0. The lowest BCUT2D eigenvalue weighted by Crippen LogP contribution is -2.12. The van der Waals surface area contributed by atoms with Gasteiger partial charge in [-0.25, -0.2) is 4.98 Å². The second-order valence-electron chi connectivity index (χ2n) is 6.15. The molecule has 4 nitrogen and oxygen atoms in total. The van der Waals surface area contributed by atoms with Gasteiger partial charge in [-0.3, -0.25) is 4.68 Å². The van der Waals surface area contributed by atoms with Crippen molar-refractivity contribution in [1.82, 2.24) is 19.3 Å². The van der Waals surface area contributed by atoms with Gasteiger partial charge in [0.1, 0.15) is 11.3 Å². The molecule has 0 N–H and O–H groups in total. The number of fused-ring (bicyclic) bond motifs is 1. The van der Waals surface area contributed by atoms with Crippen molar-refractivity contribution in [2.45, 2.75) is 52.0 Å². The number of hydrogen-bond donors (Lipinski definition) is 0. The van der Waals surface area contributed by atoms with Crippen molar-refractivity contribution >= 4 is 22.8 Å². The number of aryl methyl sites for hydroxylation is 2. The lowest BCUT2D eigenvalue weighted by molar-refractivity contribution is 0.437. The molecule has 3 rings (SSSR count). The maximum atomic E-state index is 6.11. The van der Waals surface area contributed by atoms with Gasteiger partial charge in [-0.05, 0) is 31.1 Å². The standard InChI is InChI=1S/C15H23ClN4/c1-4-12-14-15(19(3)18-12)20(13(8-16)17-14)9-11-6-5-10(2)7-11/h10-11H,4-9H2,1-3H3. The van der Waals surface area contributed by atoms with Gasteiger partial charge in [0.15, 0.2) is 5.65 Å². The van der Waals surface area contributed by atoms with Crippen LogP contribution in [0.4, 0.5) is 0 Å². The van der Waals surface area contributed by atoms with Gasteiger partial charge in [0.25, 0.3) is 0 Å². The summed E-state index contributed by atoms with van der Waals surface area (Å²) in [6.45, 7) is 5.51. The van der Waals surface area contributed by atoms with Crippen molar-refractivity contribution in [3.8, 4) is 0 Å². The average Bonchev–Trinajstić information content (AvgIpc) is 3.07. The predicted octanol–water partition coefficient (Wildman–Crippen LogP) is 3.51. The third kappa shape index (κ3) is 2.24. The Morgan fingerprint density at radius 3 is 2.75 bits per heavy atom. The van der Waals surface area contributed by atoms with Crippen LogP contribution < -0.4 is 0 Å². The Morgan fingerprint density at radius 2 is 2.15 bits per heavy atom. The minimum absolute atomic E-state index is 0.472. The first-order valence-corrected chi connectivity index (χ1v) is 8.14. The molecule has 2 atom stereocenters. The summed E-state index contributed by atoms with van der Waals surface area (Å²) in [5, 5.41) is 4.58. The van der Waals surface area contributed by atoms with E-state index in [-0.39, 0.29) is 0 Å². The molecule has 0 spiro atoms. The minimum Gasteiger partial charge on any atom is -0.312 e. The van der Waals surface area contributed by atoms with Crippen LogP contribution in [0.2, 0.25) is 0 Å². The zero-order chi connectivity index (χ0) is 14.3. The van der Waals surface area contributed by atoms with Crippen molar-refractivity contribution in [3.63, 3.8) is 0 Å². The lowest BCUT2D eigenvalue weighted by atomic mass is 10.1. The molecule has 0 saturated heterocycles. The first kappa shape index (κ1) is 13.9. The summed E-state index contributed by atoms with van der Waals surface area (Å²) in [6.07, 6.45) is 4.90. The maximum Gasteiger partial charge on any atom is 0.158 e. The van der Waals surface area contributed by atoms with Crippen LogP contribution in [0.1, 0.15) is 44.6 Å². The van der Waals surface area contributed by atoms with Gasteiger partial charge in [0.2, 0.25) is 0 Å². The number of halogens is 1. The fourth-order valence-electron chi connectivity index (χ4n) is 3.57. The number of hydrogen-bond acceptors (Lipinski definition) is 2. The molecular formula is C15H23ClN4. The summed E-state index contributed by atoms with van der Waals surface area (Å²) in [5.41, 5.74) is 3.25. The van der Waals surface area contributed by atoms with E-state index in [0.717, 1.165) is 47.5 Å². The number of imidazole rings is 1. The molecule has 5 heteroatoms. The molecule has 20 heavy (non-hydrogen) atoms. The van der Waals surface area contributed by atoms with Gasteiger partial charge in [-0.1, -0.05) is 20.3 Å². The van der Waals surface area contributed by atoms with Gasteiger partial charge < -0.3 is 4.57 Å². The van der Waals surface area contributed by atoms with Crippen LogP contribution in [0.15, 0.2) is 0 Å². The molecule has 0 amide bonds. The first-order chi connectivity index (χ1) is 9.63. The molecular weight excluding hydrogens is 272 g/mol. The molecule has 1 aliphatic rings. The van der Waals surface area contributed by atoms with Crippen LogP contribution in [-0.2, 0) is 25.9 Å². The van der Waals surface area contributed by atoms with E-state index < -0.39 is 0 Å². The van der Waals surface area contributed by atoms with E-state index >= 15 is 0 Å². The monoisotopic (exact) mass is 294 g/mol. The molecule has 110 valence electrons. The Kier molecular flexibility index (Phi) is 3.76. The quantitative estimate of drug-likeness (QED) is 0.809. The van der Waals surface area contributed by atoms with Crippen LogP contribution in [0, 0.1) is 11.8 Å². The molecule has 1 fully saturated rings. The third-order valence-corrected chi connectivity index (χ3v) is 4.81. The molecule has 1 saturated carbocycles. The van der Waals surface area contributed by atoms with Crippen LogP contribution in [-0.4, -0.2) is 19.3 Å². The number of nitrogens with zero attached hydrogens (tertiary/aromatic N) is 4. The van der Waals surface area contributed by atoms with Crippen LogP contribution in [0.3, 0.4) is 0 Å². The molecule has 0 bridgehead atoms. The van der Waals surface area contributed by atoms with Crippen molar-refractivity contribution in [3.05, 3.63) is 11.5 Å². The van der Waals surface area contributed by atoms with Gasteiger partial charge in [-0.2, -0.15) is 5.10 Å². The second-order valence-corrected chi connectivity index (χ2v) is 6.42. The van der Waals surface area contributed by atoms with E-state index in [0.29, 0.717) is 5.88 Å². The molecule has 2 unspecified atom stereocenters. The maximum absolute atomic E-state index is 6.11. The number of aromatic nitrogens is 4. The second kappa shape index (κ2) is 5.40. The smallest absolute Gasteiger partial charge is 0.158 e. The van der Waals surface area contributed by atoms with E-state index in [1.165, 1.54) is 19.3 Å². The van der Waals surface area contributed by atoms with Crippen LogP contribution in [0.25, 0.3) is 11.2 Å². The fourth-order valence-corrected chi connectivity index (χ4v) is 3.77. The molecule has 2 heterocycles. The molecule has 0 radical (unpaired) electrons. The average molecular weight is 295 g/mol. The van der Waals surface area contributed by atoms with E-state index in [1.807, 2.05) is 11.7 Å². The van der Waals surface area contributed by atoms with Crippen molar-refractivity contribution < 1.29 is 0 Å². The van der Waals surface area contributed by atoms with Crippen molar-refractivity contribution in [2.75, 3.05) is 0 Å². The summed E-state index contributed by atoms with van der Waals surface area (Å²) in [4.78, 5) is 4.73. The van der Waals surface area contributed by atoms with E-state index in [4.69, 9.17) is 16.6 Å². The summed E-state index contributed by atoms with van der Waals surface area (Å²) < 4.78 is 4.27. The van der Waals surface area contributed by atoms with Crippen molar-refractivity contribution in [2.24, 2.45) is 18.9 Å². The van der Waals surface area contributed by atoms with Gasteiger partial charge in [0.05, 0.1) is 11.6 Å². The highest BCUT2D eigenvalue weighted by Crippen LogP contribution is 2.33. The van der Waals surface area contributed by atoms with Crippen LogP contribution >= 0.6 is 11.6 Å². The topological polar surface area (TPSA) is 35.6 Å². The molecule has 0 aliphatic heterocycles. The van der Waals surface area contributed by atoms with Gasteiger partial charge >= 0.3 is 0 Å². The Labute approximate surface area is 125 Å². The van der Waals surface area contributed by atoms with Gasteiger partial charge in [0, 0.05) is 13.6 Å². The molecule has 2 aromatic rings. The van der Waals surface area contributed by atoms with E-state index in [1.54, 1.807) is 0 Å². The van der Waals surface area contributed by atoms with Crippen LogP contribution in [0.5, 0.6) is 0 Å². The lowest BCUT2D eigenvalue weighted by Gasteiger charge is -2.13. The Hall–Kier alpha value is -1.03. The van der Waals surface area contributed by atoms with Gasteiger partial charge in [-0.15, -0.1) is 11.6 Å². The molecule has 2 aromatic heterocycles. The normalized spacial score (nSPS) is 23.0. The molecule has 1 aliphatic carbocycles. The van der Waals surface area contributed by atoms with Crippen molar-refractivity contribution in [1.29, 1.82) is 0 Å². The Morgan fingerprint density at radius 1 is 1.35 bits per heavy atom. The predicted molar refractivity (Wildman–Crippen MR) is 81.9 cm³/mol. The summed E-state index contributed by atoms with van der Waals surface area (Å²) >= 11 is 6.11.